The van der Waals surface area contributed by atoms with E-state index in [4.69, 9.17) is 4.52 Å². The van der Waals surface area contributed by atoms with Crippen LogP contribution in [0.5, 0.6) is 0 Å². The summed E-state index contributed by atoms with van der Waals surface area (Å²) >= 11 is 0. The van der Waals surface area contributed by atoms with Crippen LogP contribution >= 0.6 is 0 Å². The second-order valence-corrected chi connectivity index (χ2v) is 7.18. The number of aromatic amines is 1. The molecule has 0 fully saturated rings. The Morgan fingerprint density at radius 2 is 2.10 bits per heavy atom. The van der Waals surface area contributed by atoms with Crippen molar-refractivity contribution in [2.75, 3.05) is 5.32 Å². The van der Waals surface area contributed by atoms with E-state index < -0.39 is 0 Å². The van der Waals surface area contributed by atoms with Gasteiger partial charge in [0.25, 0.3) is 11.6 Å². The molecule has 0 saturated carbocycles. The van der Waals surface area contributed by atoms with E-state index in [9.17, 15) is 9.18 Å². The molecule has 0 unspecified atom stereocenters. The summed E-state index contributed by atoms with van der Waals surface area (Å²) in [5.41, 5.74) is 3.72. The Morgan fingerprint density at radius 1 is 1.29 bits per heavy atom. The molecule has 0 saturated heterocycles. The first-order valence-corrected chi connectivity index (χ1v) is 9.75. The molecule has 0 atom stereocenters. The molecule has 31 heavy (non-hydrogen) atoms. The van der Waals surface area contributed by atoms with Crippen molar-refractivity contribution >= 4 is 33.9 Å². The van der Waals surface area contributed by atoms with E-state index >= 15 is 0 Å². The number of nitrogens with one attached hydrogen (secondary N) is 2. The average Bonchev–Trinajstić information content (AvgIpc) is 3.45. The highest BCUT2D eigenvalue weighted by atomic mass is 19.1. The summed E-state index contributed by atoms with van der Waals surface area (Å²) in [6.07, 6.45) is 2.12. The molecule has 0 spiro atoms. The van der Waals surface area contributed by atoms with Crippen LogP contribution in [-0.2, 0) is 13.0 Å². The molecule has 0 aliphatic carbocycles. The fraction of sp³-hybridized carbons (Fsp3) is 0.190. The zero-order valence-electron chi connectivity index (χ0n) is 16.8. The van der Waals surface area contributed by atoms with Crippen LogP contribution in [0.25, 0.3) is 22.1 Å². The largest absolute Gasteiger partial charge is 0.336 e. The number of rotatable bonds is 5. The number of carbonyl (C=O) groups is 1. The number of H-pyrrole nitrogens is 1. The number of halogens is 1. The zero-order chi connectivity index (χ0) is 21.5. The minimum atomic E-state index is -0.339. The number of nitrogens with zero attached hydrogens (tertiary/aromatic N) is 5. The predicted molar refractivity (Wildman–Crippen MR) is 111 cm³/mol. The van der Waals surface area contributed by atoms with Gasteiger partial charge in [0, 0.05) is 6.20 Å². The molecule has 0 aliphatic heterocycles. The van der Waals surface area contributed by atoms with E-state index in [1.54, 1.807) is 22.9 Å². The Morgan fingerprint density at radius 3 is 2.87 bits per heavy atom. The lowest BCUT2D eigenvalue weighted by atomic mass is 10.1. The fourth-order valence-electron chi connectivity index (χ4n) is 3.55. The van der Waals surface area contributed by atoms with E-state index in [1.165, 1.54) is 18.3 Å². The SMILES string of the molecule is CCc1noc2ncc(C(=O)Nc3[nH]nc4c3c(C)nn4Cc3ccc(F)cc3)cc12. The van der Waals surface area contributed by atoms with Crippen LogP contribution in [0.3, 0.4) is 0 Å². The van der Waals surface area contributed by atoms with Gasteiger partial charge in [-0.2, -0.15) is 10.2 Å². The lowest BCUT2D eigenvalue weighted by molar-refractivity contribution is 0.102. The lowest BCUT2D eigenvalue weighted by Crippen LogP contribution is -2.13. The van der Waals surface area contributed by atoms with Gasteiger partial charge in [0.1, 0.15) is 11.6 Å². The van der Waals surface area contributed by atoms with Gasteiger partial charge >= 0.3 is 0 Å². The van der Waals surface area contributed by atoms with E-state index in [-0.39, 0.29) is 11.7 Å². The standard InChI is InChI=1S/C21H18FN7O2/c1-3-16-15-8-13(9-23-21(15)31-28-16)20(30)24-18-17-11(2)27-29(19(17)26-25-18)10-12-4-6-14(22)7-5-12/h4-9H,3,10H2,1-2H3,(H2,24,25,26,30). The number of pyridine rings is 1. The third-order valence-electron chi connectivity index (χ3n) is 5.11. The highest BCUT2D eigenvalue weighted by Crippen LogP contribution is 2.26. The fourth-order valence-corrected chi connectivity index (χ4v) is 3.55. The Bertz CT molecular complexity index is 1420. The number of benzene rings is 1. The maximum atomic E-state index is 13.2. The van der Waals surface area contributed by atoms with Gasteiger partial charge in [-0.25, -0.2) is 14.1 Å². The van der Waals surface area contributed by atoms with Crippen molar-refractivity contribution in [1.82, 2.24) is 30.1 Å². The Kier molecular flexibility index (Phi) is 4.46. The molecule has 1 aromatic carbocycles. The third-order valence-corrected chi connectivity index (χ3v) is 5.11. The monoisotopic (exact) mass is 419 g/mol. The van der Waals surface area contributed by atoms with E-state index in [1.807, 2.05) is 13.8 Å². The first-order chi connectivity index (χ1) is 15.0. The summed E-state index contributed by atoms with van der Waals surface area (Å²) in [4.78, 5) is 17.0. The van der Waals surface area contributed by atoms with Gasteiger partial charge in [0.15, 0.2) is 5.65 Å². The lowest BCUT2D eigenvalue weighted by Gasteiger charge is -2.03. The first kappa shape index (κ1) is 18.9. The second-order valence-electron chi connectivity index (χ2n) is 7.18. The minimum absolute atomic E-state index is 0.291. The summed E-state index contributed by atoms with van der Waals surface area (Å²) in [5.74, 6) is -0.182. The first-order valence-electron chi connectivity index (χ1n) is 9.75. The summed E-state index contributed by atoms with van der Waals surface area (Å²) in [7, 11) is 0. The topological polar surface area (TPSA) is 115 Å². The van der Waals surface area contributed by atoms with Crippen molar-refractivity contribution in [3.05, 3.63) is 64.9 Å². The van der Waals surface area contributed by atoms with Gasteiger partial charge in [-0.3, -0.25) is 9.89 Å². The van der Waals surface area contributed by atoms with Crippen LogP contribution in [0.2, 0.25) is 0 Å². The molecule has 5 aromatic rings. The number of hydrogen-bond donors (Lipinski definition) is 2. The van der Waals surface area contributed by atoms with Gasteiger partial charge in [-0.1, -0.05) is 24.2 Å². The highest BCUT2D eigenvalue weighted by Gasteiger charge is 2.19. The average molecular weight is 419 g/mol. The number of hydrogen-bond acceptors (Lipinski definition) is 6. The Hall–Kier alpha value is -4.08. The summed E-state index contributed by atoms with van der Waals surface area (Å²) in [5, 5.41) is 20.0. The zero-order valence-corrected chi connectivity index (χ0v) is 16.8. The summed E-state index contributed by atoms with van der Waals surface area (Å²) in [6.45, 7) is 4.22. The molecule has 0 radical (unpaired) electrons. The van der Waals surface area contributed by atoms with Crippen molar-refractivity contribution in [3.8, 4) is 0 Å². The van der Waals surface area contributed by atoms with Crippen LogP contribution in [0, 0.1) is 12.7 Å². The molecule has 0 aliphatic rings. The van der Waals surface area contributed by atoms with Crippen LogP contribution in [-0.4, -0.2) is 36.0 Å². The molecule has 156 valence electrons. The normalized spacial score (nSPS) is 11.5. The Balaban J connectivity index is 1.43. The molecular formula is C21H18FN7O2. The van der Waals surface area contributed by atoms with E-state index in [0.29, 0.717) is 52.2 Å². The van der Waals surface area contributed by atoms with Gasteiger partial charge < -0.3 is 9.84 Å². The van der Waals surface area contributed by atoms with Crippen molar-refractivity contribution < 1.29 is 13.7 Å². The van der Waals surface area contributed by atoms with E-state index in [2.05, 4.69) is 30.8 Å². The number of fused-ring (bicyclic) bond motifs is 2. The molecule has 4 heterocycles. The molecule has 10 heteroatoms. The van der Waals surface area contributed by atoms with Gasteiger partial charge in [0.05, 0.1) is 34.3 Å². The molecule has 4 aromatic heterocycles. The van der Waals surface area contributed by atoms with Crippen LogP contribution < -0.4 is 5.32 Å². The van der Waals surface area contributed by atoms with Crippen LogP contribution in [0.15, 0.2) is 41.1 Å². The number of aromatic nitrogens is 6. The maximum absolute atomic E-state index is 13.2. The van der Waals surface area contributed by atoms with E-state index in [0.717, 1.165) is 11.3 Å². The highest BCUT2D eigenvalue weighted by molar-refractivity contribution is 6.08. The quantitative estimate of drug-likeness (QED) is 0.450. The van der Waals surface area contributed by atoms with Crippen LogP contribution in [0.1, 0.15) is 34.2 Å². The van der Waals surface area contributed by atoms with Gasteiger partial charge in [-0.05, 0) is 37.1 Å². The third kappa shape index (κ3) is 3.31. The molecule has 9 nitrogen and oxygen atoms in total. The summed E-state index contributed by atoms with van der Waals surface area (Å²) in [6, 6.07) is 7.93. The van der Waals surface area contributed by atoms with Crippen LogP contribution in [0.4, 0.5) is 10.2 Å². The van der Waals surface area contributed by atoms with Crippen molar-refractivity contribution in [3.63, 3.8) is 0 Å². The molecule has 0 bridgehead atoms. The number of aryl methyl sites for hydroxylation is 2. The smallest absolute Gasteiger partial charge is 0.258 e. The van der Waals surface area contributed by atoms with Crippen molar-refractivity contribution in [2.24, 2.45) is 0 Å². The van der Waals surface area contributed by atoms with Gasteiger partial charge in [0.2, 0.25) is 0 Å². The van der Waals surface area contributed by atoms with Gasteiger partial charge in [-0.15, -0.1) is 0 Å². The second kappa shape index (κ2) is 7.31. The molecule has 5 rings (SSSR count). The minimum Gasteiger partial charge on any atom is -0.336 e. The maximum Gasteiger partial charge on any atom is 0.258 e. The van der Waals surface area contributed by atoms with Crippen molar-refractivity contribution in [2.45, 2.75) is 26.8 Å². The summed E-state index contributed by atoms with van der Waals surface area (Å²) < 4.78 is 20.0. The molecular weight excluding hydrogens is 401 g/mol. The predicted octanol–water partition coefficient (Wildman–Crippen LogP) is 3.61. The number of anilines is 1. The molecule has 2 N–H and O–H groups in total. The molecule has 1 amide bonds. The number of amides is 1. The van der Waals surface area contributed by atoms with Crippen molar-refractivity contribution in [1.29, 1.82) is 0 Å². The number of carbonyl (C=O) groups excluding carboxylic acids is 1. The Labute approximate surface area is 175 Å².